The van der Waals surface area contributed by atoms with E-state index < -0.39 is 0 Å². The number of hydrogen-bond acceptors (Lipinski definition) is 1. The number of carbonyl (C=O) groups excluding carboxylic acids is 1. The highest BCUT2D eigenvalue weighted by atomic mass is 79.9. The number of nitrogens with one attached hydrogen (secondary N) is 1. The zero-order valence-electron chi connectivity index (χ0n) is 13.5. The van der Waals surface area contributed by atoms with Gasteiger partial charge in [0.2, 0.25) is 0 Å². The third-order valence-electron chi connectivity index (χ3n) is 5.02. The highest BCUT2D eigenvalue weighted by molar-refractivity contribution is 9.10. The fraction of sp³-hybridized carbons (Fsp3) is 0.250. The maximum Gasteiger partial charge on any atom is 0.195 e. The summed E-state index contributed by atoms with van der Waals surface area (Å²) in [7, 11) is 0. The summed E-state index contributed by atoms with van der Waals surface area (Å²) in [6, 6.07) is 12.4. The molecule has 1 N–H and O–H groups in total. The third-order valence-corrected chi connectivity index (χ3v) is 5.52. The number of rotatable bonds is 1. The minimum Gasteiger partial charge on any atom is -0.357 e. The van der Waals surface area contributed by atoms with Gasteiger partial charge < -0.3 is 4.98 Å². The molecule has 3 aromatic rings. The van der Waals surface area contributed by atoms with Crippen molar-refractivity contribution in [2.75, 3.05) is 0 Å². The second-order valence-corrected chi connectivity index (χ2v) is 7.67. The topological polar surface area (TPSA) is 32.9 Å². The molecule has 2 nitrogen and oxygen atoms in total. The number of ketones is 1. The molecular formula is C20H18BrNO. The summed E-state index contributed by atoms with van der Waals surface area (Å²) < 4.78 is 1.01. The Morgan fingerprint density at radius 1 is 1.13 bits per heavy atom. The summed E-state index contributed by atoms with van der Waals surface area (Å²) in [6.07, 6.45) is 0.939. The second kappa shape index (κ2) is 4.81. The molecule has 0 atom stereocenters. The number of hydrogen-bond donors (Lipinski definition) is 1. The van der Waals surface area contributed by atoms with Crippen molar-refractivity contribution in [1.29, 1.82) is 0 Å². The Labute approximate surface area is 144 Å². The monoisotopic (exact) mass is 367 g/mol. The predicted octanol–water partition coefficient (Wildman–Crippen LogP) is 5.36. The molecule has 0 fully saturated rings. The minimum absolute atomic E-state index is 0.137. The first-order valence-corrected chi connectivity index (χ1v) is 8.72. The van der Waals surface area contributed by atoms with Crippen molar-refractivity contribution in [3.8, 4) is 0 Å². The van der Waals surface area contributed by atoms with Crippen LogP contribution in [0.1, 0.15) is 53.5 Å². The Kier molecular flexibility index (Phi) is 3.08. The highest BCUT2D eigenvalue weighted by Crippen LogP contribution is 2.44. The normalized spacial score (nSPS) is 15.6. The van der Waals surface area contributed by atoms with Gasteiger partial charge >= 0.3 is 0 Å². The van der Waals surface area contributed by atoms with Gasteiger partial charge in [-0.2, -0.15) is 0 Å². The lowest BCUT2D eigenvalue weighted by molar-refractivity contribution is 0.103. The van der Waals surface area contributed by atoms with E-state index in [-0.39, 0.29) is 11.2 Å². The Hall–Kier alpha value is -1.87. The van der Waals surface area contributed by atoms with Gasteiger partial charge in [-0.15, -0.1) is 0 Å². The summed E-state index contributed by atoms with van der Waals surface area (Å²) in [6.45, 7) is 6.50. The van der Waals surface area contributed by atoms with Crippen LogP contribution < -0.4 is 0 Å². The predicted molar refractivity (Wildman–Crippen MR) is 97.4 cm³/mol. The standard InChI is InChI=1S/C20H18BrNO/c1-4-11-5-8-15-14(9-11)18(23)17-13-7-6-12(21)10-16(13)22-19(17)20(15,2)3/h5-10,22H,4H2,1-3H3. The van der Waals surface area contributed by atoms with Gasteiger partial charge in [0.25, 0.3) is 0 Å². The van der Waals surface area contributed by atoms with Crippen LogP contribution in [0, 0.1) is 0 Å². The highest BCUT2D eigenvalue weighted by Gasteiger charge is 2.39. The van der Waals surface area contributed by atoms with Gasteiger partial charge in [-0.3, -0.25) is 4.79 Å². The molecule has 0 saturated carbocycles. The largest absolute Gasteiger partial charge is 0.357 e. The lowest BCUT2D eigenvalue weighted by atomic mass is 9.71. The van der Waals surface area contributed by atoms with E-state index in [0.29, 0.717) is 0 Å². The lowest BCUT2D eigenvalue weighted by Gasteiger charge is -2.32. The van der Waals surface area contributed by atoms with Gasteiger partial charge in [-0.25, -0.2) is 0 Å². The van der Waals surface area contributed by atoms with E-state index in [0.717, 1.165) is 44.2 Å². The van der Waals surface area contributed by atoms with Crippen molar-refractivity contribution < 1.29 is 4.79 Å². The SMILES string of the molecule is CCc1ccc2c(c1)C(=O)c1c([nH]c3cc(Br)ccc13)C2(C)C. The Balaban J connectivity index is 2.07. The van der Waals surface area contributed by atoms with Crippen molar-refractivity contribution in [2.24, 2.45) is 0 Å². The third kappa shape index (κ3) is 1.96. The van der Waals surface area contributed by atoms with Gasteiger partial charge in [0, 0.05) is 32.0 Å². The second-order valence-electron chi connectivity index (χ2n) is 6.75. The number of carbonyl (C=O) groups is 1. The zero-order valence-corrected chi connectivity index (χ0v) is 15.0. The van der Waals surface area contributed by atoms with Crippen molar-refractivity contribution >= 4 is 32.6 Å². The summed E-state index contributed by atoms with van der Waals surface area (Å²) in [5, 5.41) is 1.01. The number of aromatic nitrogens is 1. The molecule has 116 valence electrons. The molecule has 0 radical (unpaired) electrons. The van der Waals surface area contributed by atoms with Crippen molar-refractivity contribution in [3.05, 3.63) is 68.8 Å². The van der Waals surface area contributed by atoms with E-state index in [1.165, 1.54) is 5.56 Å². The average molecular weight is 368 g/mol. The number of fused-ring (bicyclic) bond motifs is 4. The van der Waals surface area contributed by atoms with Gasteiger partial charge in [0.15, 0.2) is 5.78 Å². The van der Waals surface area contributed by atoms with E-state index in [9.17, 15) is 4.79 Å². The first-order chi connectivity index (χ1) is 10.9. The average Bonchev–Trinajstić information content (AvgIpc) is 2.92. The van der Waals surface area contributed by atoms with E-state index >= 15 is 0 Å². The van der Waals surface area contributed by atoms with Crippen LogP contribution in [0.15, 0.2) is 40.9 Å². The van der Waals surface area contributed by atoms with Crippen molar-refractivity contribution in [1.82, 2.24) is 4.98 Å². The van der Waals surface area contributed by atoms with Crippen LogP contribution in [-0.2, 0) is 11.8 Å². The number of H-pyrrole nitrogens is 1. The number of benzene rings is 2. The molecular weight excluding hydrogens is 350 g/mol. The Morgan fingerprint density at radius 3 is 2.65 bits per heavy atom. The molecule has 0 amide bonds. The number of halogens is 1. The van der Waals surface area contributed by atoms with Crippen LogP contribution in [0.2, 0.25) is 0 Å². The van der Waals surface area contributed by atoms with Gasteiger partial charge in [-0.05, 0) is 35.7 Å². The van der Waals surface area contributed by atoms with Crippen LogP contribution in [0.25, 0.3) is 10.9 Å². The molecule has 1 aliphatic carbocycles. The van der Waals surface area contributed by atoms with Crippen LogP contribution >= 0.6 is 15.9 Å². The minimum atomic E-state index is -0.212. The van der Waals surface area contributed by atoms with Crippen LogP contribution in [0.5, 0.6) is 0 Å². The van der Waals surface area contributed by atoms with Crippen molar-refractivity contribution in [2.45, 2.75) is 32.6 Å². The van der Waals surface area contributed by atoms with Crippen LogP contribution in [0.3, 0.4) is 0 Å². The Bertz CT molecular complexity index is 965. The van der Waals surface area contributed by atoms with Crippen LogP contribution in [0.4, 0.5) is 0 Å². The first-order valence-electron chi connectivity index (χ1n) is 7.93. The fourth-order valence-electron chi connectivity index (χ4n) is 3.69. The fourth-order valence-corrected chi connectivity index (χ4v) is 4.05. The molecule has 23 heavy (non-hydrogen) atoms. The van der Waals surface area contributed by atoms with E-state index in [2.05, 4.69) is 59.9 Å². The van der Waals surface area contributed by atoms with E-state index in [1.807, 2.05) is 18.2 Å². The molecule has 3 heteroatoms. The van der Waals surface area contributed by atoms with Gasteiger partial charge in [0.05, 0.1) is 5.56 Å². The number of aromatic amines is 1. The van der Waals surface area contributed by atoms with Gasteiger partial charge in [-0.1, -0.05) is 54.9 Å². The summed E-state index contributed by atoms with van der Waals surface area (Å²) in [5.41, 5.74) is 5.82. The molecule has 2 aromatic carbocycles. The Morgan fingerprint density at radius 2 is 1.91 bits per heavy atom. The lowest BCUT2D eigenvalue weighted by Crippen LogP contribution is -2.30. The molecule has 4 rings (SSSR count). The molecule has 0 aliphatic heterocycles. The molecule has 1 aliphatic rings. The van der Waals surface area contributed by atoms with Gasteiger partial charge in [0.1, 0.15) is 0 Å². The van der Waals surface area contributed by atoms with Crippen LogP contribution in [-0.4, -0.2) is 10.8 Å². The van der Waals surface area contributed by atoms with E-state index in [1.54, 1.807) is 0 Å². The van der Waals surface area contributed by atoms with Crippen molar-refractivity contribution in [3.63, 3.8) is 0 Å². The quantitative estimate of drug-likeness (QED) is 0.616. The first kappa shape index (κ1) is 14.7. The smallest absolute Gasteiger partial charge is 0.195 e. The van der Waals surface area contributed by atoms with E-state index in [4.69, 9.17) is 0 Å². The molecule has 0 spiro atoms. The molecule has 0 saturated heterocycles. The summed E-state index contributed by atoms with van der Waals surface area (Å²) in [4.78, 5) is 16.7. The molecule has 1 heterocycles. The molecule has 0 unspecified atom stereocenters. The summed E-state index contributed by atoms with van der Waals surface area (Å²) >= 11 is 3.51. The maximum absolute atomic E-state index is 13.2. The molecule has 0 bridgehead atoms. The maximum atomic E-state index is 13.2. The zero-order chi connectivity index (χ0) is 16.4. The number of aryl methyl sites for hydroxylation is 1. The summed E-state index contributed by atoms with van der Waals surface area (Å²) in [5.74, 6) is 0.137. The molecule has 1 aromatic heterocycles.